The first-order valence-corrected chi connectivity index (χ1v) is 12.0. The summed E-state index contributed by atoms with van der Waals surface area (Å²) in [6, 6.07) is 14.9. The Morgan fingerprint density at radius 2 is 1.89 bits per heavy atom. The van der Waals surface area contributed by atoms with E-state index in [1.54, 1.807) is 24.4 Å². The van der Waals surface area contributed by atoms with Gasteiger partial charge in [0.25, 0.3) is 5.91 Å². The van der Waals surface area contributed by atoms with E-state index in [1.807, 2.05) is 51.4 Å². The summed E-state index contributed by atoms with van der Waals surface area (Å²) in [4.78, 5) is 26.3. The largest absolute Gasteiger partial charge is 0.383 e. The number of nitrogen functional groups attached to an aromatic ring is 1. The smallest absolute Gasteiger partial charge is 0.250 e. The lowest BCUT2D eigenvalue weighted by Gasteiger charge is -2.12. The first-order chi connectivity index (χ1) is 17.7. The topological polar surface area (TPSA) is 126 Å². The highest BCUT2D eigenvalue weighted by Crippen LogP contribution is 2.33. The number of anilines is 2. The summed E-state index contributed by atoms with van der Waals surface area (Å²) < 4.78 is 0. The number of para-hydroxylation sites is 1. The van der Waals surface area contributed by atoms with Crippen molar-refractivity contribution in [2.45, 2.75) is 6.92 Å². The molecule has 0 saturated heterocycles. The second kappa shape index (κ2) is 11.2. The number of rotatable bonds is 7. The number of H-pyrrole nitrogens is 1. The van der Waals surface area contributed by atoms with Gasteiger partial charge in [-0.2, -0.15) is 0 Å². The van der Waals surface area contributed by atoms with Gasteiger partial charge in [-0.3, -0.25) is 4.79 Å². The number of aromatic amines is 1. The summed E-state index contributed by atoms with van der Waals surface area (Å²) in [6.45, 7) is 3.60. The van der Waals surface area contributed by atoms with Gasteiger partial charge in [-0.25, -0.2) is 9.97 Å². The van der Waals surface area contributed by atoms with E-state index in [4.69, 9.17) is 23.1 Å². The van der Waals surface area contributed by atoms with Gasteiger partial charge in [-0.05, 0) is 56.9 Å². The van der Waals surface area contributed by atoms with Crippen LogP contribution in [0.1, 0.15) is 27.0 Å². The SMILES string of the molecule is Cc1ccc(Cl)cc1-c1[nH]c(-c2nc(N)ncc2C#Cc2ccccc2NCCN(C)C)cc1C(N)=O. The highest BCUT2D eigenvalue weighted by atomic mass is 35.5. The van der Waals surface area contributed by atoms with Gasteiger partial charge in [0, 0.05) is 41.1 Å². The van der Waals surface area contributed by atoms with E-state index in [9.17, 15) is 4.79 Å². The Kier molecular flexibility index (Phi) is 7.77. The summed E-state index contributed by atoms with van der Waals surface area (Å²) in [5.41, 5.74) is 17.5. The number of carbonyl (C=O) groups is 1. The molecule has 0 fully saturated rings. The summed E-state index contributed by atoms with van der Waals surface area (Å²) in [6.07, 6.45) is 1.57. The molecule has 0 aliphatic rings. The zero-order valence-corrected chi connectivity index (χ0v) is 21.6. The zero-order valence-electron chi connectivity index (χ0n) is 20.9. The maximum Gasteiger partial charge on any atom is 0.250 e. The molecule has 2 aromatic carbocycles. The third kappa shape index (κ3) is 6.09. The van der Waals surface area contributed by atoms with E-state index in [-0.39, 0.29) is 5.95 Å². The van der Waals surface area contributed by atoms with Crippen LogP contribution in [-0.4, -0.2) is 52.9 Å². The molecule has 4 aromatic rings. The third-order valence-electron chi connectivity index (χ3n) is 5.75. The molecule has 0 aliphatic carbocycles. The predicted molar refractivity (Wildman–Crippen MR) is 149 cm³/mol. The molecule has 6 N–H and O–H groups in total. The number of halogens is 1. The molecule has 37 heavy (non-hydrogen) atoms. The highest BCUT2D eigenvalue weighted by molar-refractivity contribution is 6.31. The summed E-state index contributed by atoms with van der Waals surface area (Å²) >= 11 is 6.23. The van der Waals surface area contributed by atoms with Gasteiger partial charge in [-0.15, -0.1) is 0 Å². The van der Waals surface area contributed by atoms with E-state index in [0.717, 1.165) is 35.5 Å². The van der Waals surface area contributed by atoms with Crippen LogP contribution in [0.25, 0.3) is 22.6 Å². The quantitative estimate of drug-likeness (QED) is 0.275. The van der Waals surface area contributed by atoms with E-state index < -0.39 is 5.91 Å². The molecule has 0 saturated carbocycles. The van der Waals surface area contributed by atoms with Crippen LogP contribution in [0.3, 0.4) is 0 Å². The maximum atomic E-state index is 12.3. The molecule has 9 heteroatoms. The Morgan fingerprint density at radius 1 is 1.14 bits per heavy atom. The standard InChI is InChI=1S/C28H28ClN7O/c1-17-8-11-20(29)14-21(17)26-22(27(30)37)15-24(34-26)25-19(16-33-28(31)35-25)10-9-18-6-4-5-7-23(18)32-12-13-36(2)3/h4-8,11,14-16,32,34H,12-13H2,1-3H3,(H2,30,37)(H2,31,33,35). The molecule has 0 spiro atoms. The number of hydrogen-bond acceptors (Lipinski definition) is 6. The van der Waals surface area contributed by atoms with Crippen molar-refractivity contribution in [2.75, 3.05) is 38.2 Å². The molecule has 2 aromatic heterocycles. The van der Waals surface area contributed by atoms with Crippen LogP contribution in [0.4, 0.5) is 11.6 Å². The van der Waals surface area contributed by atoms with Crippen molar-refractivity contribution in [3.05, 3.63) is 82.0 Å². The van der Waals surface area contributed by atoms with Crippen LogP contribution in [0.15, 0.2) is 54.7 Å². The van der Waals surface area contributed by atoms with Gasteiger partial charge in [0.1, 0.15) is 5.69 Å². The number of primary amides is 1. The third-order valence-corrected chi connectivity index (χ3v) is 5.98. The number of carbonyl (C=O) groups excluding carboxylic acids is 1. The molecular weight excluding hydrogens is 486 g/mol. The fraction of sp³-hybridized carbons (Fsp3) is 0.179. The molecule has 0 aliphatic heterocycles. The van der Waals surface area contributed by atoms with Crippen molar-refractivity contribution in [1.82, 2.24) is 19.9 Å². The first-order valence-electron chi connectivity index (χ1n) is 11.6. The molecule has 0 bridgehead atoms. The fourth-order valence-corrected chi connectivity index (χ4v) is 4.01. The van der Waals surface area contributed by atoms with E-state index in [1.165, 1.54) is 0 Å². The van der Waals surface area contributed by atoms with Crippen molar-refractivity contribution in [3.63, 3.8) is 0 Å². The predicted octanol–water partition coefficient (Wildman–Crippen LogP) is 4.15. The normalized spacial score (nSPS) is 10.7. The van der Waals surface area contributed by atoms with Gasteiger partial charge < -0.3 is 26.7 Å². The lowest BCUT2D eigenvalue weighted by atomic mass is 10.0. The molecular formula is C28H28ClN7O. The molecule has 4 rings (SSSR count). The first kappa shape index (κ1) is 25.8. The minimum Gasteiger partial charge on any atom is -0.383 e. The molecule has 2 heterocycles. The van der Waals surface area contributed by atoms with E-state index >= 15 is 0 Å². The van der Waals surface area contributed by atoms with E-state index in [2.05, 4.69) is 37.0 Å². The lowest BCUT2D eigenvalue weighted by molar-refractivity contribution is 0.100. The number of aryl methyl sites for hydroxylation is 1. The Bertz CT molecular complexity index is 1510. The molecule has 188 valence electrons. The number of nitrogens with zero attached hydrogens (tertiary/aromatic N) is 3. The monoisotopic (exact) mass is 513 g/mol. The van der Waals surface area contributed by atoms with Crippen molar-refractivity contribution in [2.24, 2.45) is 5.73 Å². The number of nitrogens with one attached hydrogen (secondary N) is 2. The fourth-order valence-electron chi connectivity index (χ4n) is 3.84. The average molecular weight is 514 g/mol. The Balaban J connectivity index is 1.77. The van der Waals surface area contributed by atoms with E-state index in [0.29, 0.717) is 33.2 Å². The average Bonchev–Trinajstić information content (AvgIpc) is 3.31. The Morgan fingerprint density at radius 3 is 2.65 bits per heavy atom. The Hall–Kier alpha value is -4.32. The molecule has 8 nitrogen and oxygen atoms in total. The highest BCUT2D eigenvalue weighted by Gasteiger charge is 2.19. The van der Waals surface area contributed by atoms with Crippen molar-refractivity contribution < 1.29 is 4.79 Å². The van der Waals surface area contributed by atoms with Gasteiger partial charge in [0.15, 0.2) is 0 Å². The second-order valence-corrected chi connectivity index (χ2v) is 9.25. The van der Waals surface area contributed by atoms with Gasteiger partial charge in [0.05, 0.1) is 22.5 Å². The van der Waals surface area contributed by atoms with Crippen LogP contribution in [0, 0.1) is 18.8 Å². The number of amides is 1. The van der Waals surface area contributed by atoms with Crippen LogP contribution < -0.4 is 16.8 Å². The zero-order chi connectivity index (χ0) is 26.5. The molecule has 0 atom stereocenters. The van der Waals surface area contributed by atoms with Crippen molar-refractivity contribution in [3.8, 4) is 34.5 Å². The Labute approximate surface area is 221 Å². The number of hydrogen-bond donors (Lipinski definition) is 4. The molecule has 1 amide bonds. The second-order valence-electron chi connectivity index (χ2n) is 8.81. The number of nitrogens with two attached hydrogens (primary N) is 2. The minimum absolute atomic E-state index is 0.0852. The summed E-state index contributed by atoms with van der Waals surface area (Å²) in [7, 11) is 4.05. The van der Waals surface area contributed by atoms with Crippen LogP contribution >= 0.6 is 11.6 Å². The number of likely N-dealkylation sites (N-methyl/N-ethyl adjacent to an activating group) is 1. The van der Waals surface area contributed by atoms with Crippen molar-refractivity contribution in [1.29, 1.82) is 0 Å². The van der Waals surface area contributed by atoms with Gasteiger partial charge in [0.2, 0.25) is 5.95 Å². The minimum atomic E-state index is -0.579. The molecule has 0 unspecified atom stereocenters. The number of benzene rings is 2. The van der Waals surface area contributed by atoms with Crippen molar-refractivity contribution >= 4 is 29.1 Å². The lowest BCUT2D eigenvalue weighted by Crippen LogP contribution is -2.21. The summed E-state index contributed by atoms with van der Waals surface area (Å²) in [5.74, 6) is 5.90. The van der Waals surface area contributed by atoms with Gasteiger partial charge >= 0.3 is 0 Å². The number of aromatic nitrogens is 3. The van der Waals surface area contributed by atoms with Gasteiger partial charge in [-0.1, -0.05) is 41.6 Å². The van der Waals surface area contributed by atoms with Crippen LogP contribution in [0.5, 0.6) is 0 Å². The summed E-state index contributed by atoms with van der Waals surface area (Å²) in [5, 5.41) is 3.97. The molecule has 0 radical (unpaired) electrons. The van der Waals surface area contributed by atoms with Crippen LogP contribution in [0.2, 0.25) is 5.02 Å². The van der Waals surface area contributed by atoms with Crippen LogP contribution in [-0.2, 0) is 0 Å². The maximum absolute atomic E-state index is 12.3.